The molecular weight excluding hydrogens is 324 g/mol. The lowest BCUT2D eigenvalue weighted by Gasteiger charge is -2.19. The number of rotatable bonds is 14. The van der Waals surface area contributed by atoms with E-state index in [4.69, 9.17) is 0 Å². The molecule has 2 aliphatic carbocycles. The summed E-state index contributed by atoms with van der Waals surface area (Å²) in [6.45, 7) is 6.91. The van der Waals surface area contributed by atoms with Crippen molar-refractivity contribution < 1.29 is 0 Å². The summed E-state index contributed by atoms with van der Waals surface area (Å²) in [6, 6.07) is 0. The second-order valence-electron chi connectivity index (χ2n) is 9.80. The van der Waals surface area contributed by atoms with Crippen molar-refractivity contribution in [2.75, 3.05) is 0 Å². The Kier molecular flexibility index (Phi) is 16.7. The Morgan fingerprint density at radius 1 is 0.444 bits per heavy atom. The Balaban J connectivity index is 0.000000289. The highest BCUT2D eigenvalue weighted by Crippen LogP contribution is 2.38. The molecule has 2 saturated carbocycles. The molecule has 0 aliphatic heterocycles. The Morgan fingerprint density at radius 3 is 1.41 bits per heavy atom. The van der Waals surface area contributed by atoms with Crippen LogP contribution in [0.4, 0.5) is 0 Å². The molecule has 0 aromatic heterocycles. The topological polar surface area (TPSA) is 0 Å². The monoisotopic (exact) mass is 378 g/mol. The first-order valence-electron chi connectivity index (χ1n) is 13.3. The van der Waals surface area contributed by atoms with Gasteiger partial charge in [0.15, 0.2) is 0 Å². The molecule has 0 heterocycles. The molecular formula is C27H54. The van der Waals surface area contributed by atoms with Gasteiger partial charge in [-0.3, -0.25) is 0 Å². The summed E-state index contributed by atoms with van der Waals surface area (Å²) < 4.78 is 0. The van der Waals surface area contributed by atoms with Gasteiger partial charge in [0.25, 0.3) is 0 Å². The molecule has 0 aromatic rings. The minimum absolute atomic E-state index is 1.10. The van der Waals surface area contributed by atoms with E-state index in [9.17, 15) is 0 Å². The molecule has 2 atom stereocenters. The van der Waals surface area contributed by atoms with Gasteiger partial charge >= 0.3 is 0 Å². The second kappa shape index (κ2) is 18.1. The molecule has 0 nitrogen and oxygen atoms in total. The fraction of sp³-hybridized carbons (Fsp3) is 1.00. The quantitative estimate of drug-likeness (QED) is 0.264. The van der Waals surface area contributed by atoms with E-state index < -0.39 is 0 Å². The van der Waals surface area contributed by atoms with Crippen LogP contribution >= 0.6 is 0 Å². The van der Waals surface area contributed by atoms with Crippen molar-refractivity contribution in [2.45, 2.75) is 156 Å². The molecule has 2 aliphatic rings. The molecule has 0 heteroatoms. The van der Waals surface area contributed by atoms with Crippen LogP contribution in [0.5, 0.6) is 0 Å². The third-order valence-electron chi connectivity index (χ3n) is 7.36. The first-order chi connectivity index (χ1) is 13.3. The van der Waals surface area contributed by atoms with Crippen LogP contribution in [-0.4, -0.2) is 0 Å². The zero-order valence-corrected chi connectivity index (χ0v) is 19.6. The maximum atomic E-state index is 2.32. The summed E-state index contributed by atoms with van der Waals surface area (Å²) >= 11 is 0. The van der Waals surface area contributed by atoms with Gasteiger partial charge < -0.3 is 0 Å². The predicted molar refractivity (Wildman–Crippen MR) is 124 cm³/mol. The average Bonchev–Trinajstić information content (AvgIpc) is 3.35. The molecule has 27 heavy (non-hydrogen) atoms. The van der Waals surface area contributed by atoms with Gasteiger partial charge in [0, 0.05) is 0 Å². The SMILES string of the molecule is CCCCCCC1CCCC1.CCCCCCC1CCCC1CCCCC. The lowest BCUT2D eigenvalue weighted by atomic mass is 9.87. The zero-order chi connectivity index (χ0) is 19.6. The summed E-state index contributed by atoms with van der Waals surface area (Å²) in [7, 11) is 0. The van der Waals surface area contributed by atoms with Crippen molar-refractivity contribution >= 4 is 0 Å². The standard InChI is InChI=1S/C16H32.C11H22/c1-3-5-7-9-12-16-14-10-13-15(16)11-8-6-4-2;1-2-3-4-5-8-11-9-6-7-10-11/h15-16H,3-14H2,1-2H3;11H,2-10H2,1H3. The van der Waals surface area contributed by atoms with E-state index in [1.54, 1.807) is 12.8 Å². The van der Waals surface area contributed by atoms with E-state index >= 15 is 0 Å². The number of hydrogen-bond acceptors (Lipinski definition) is 0. The number of hydrogen-bond donors (Lipinski definition) is 0. The largest absolute Gasteiger partial charge is 0.0654 e. The van der Waals surface area contributed by atoms with Gasteiger partial charge in [0.2, 0.25) is 0 Å². The molecule has 0 bridgehead atoms. The lowest BCUT2D eigenvalue weighted by molar-refractivity contribution is 0.324. The molecule has 2 fully saturated rings. The molecule has 2 rings (SSSR count). The predicted octanol–water partition coefficient (Wildman–Crippen LogP) is 10.1. The highest BCUT2D eigenvalue weighted by Gasteiger charge is 2.25. The van der Waals surface area contributed by atoms with Crippen LogP contribution in [0, 0.1) is 17.8 Å². The van der Waals surface area contributed by atoms with Crippen LogP contribution in [0.15, 0.2) is 0 Å². The van der Waals surface area contributed by atoms with Crippen LogP contribution in [0.2, 0.25) is 0 Å². The third kappa shape index (κ3) is 13.0. The molecule has 0 saturated heterocycles. The van der Waals surface area contributed by atoms with Gasteiger partial charge in [-0.1, -0.05) is 156 Å². The summed E-state index contributed by atoms with van der Waals surface area (Å²) in [5.74, 6) is 3.33. The Morgan fingerprint density at radius 2 is 0.889 bits per heavy atom. The summed E-state index contributed by atoms with van der Waals surface area (Å²) in [5, 5.41) is 0. The highest BCUT2D eigenvalue weighted by molar-refractivity contribution is 4.77. The van der Waals surface area contributed by atoms with Gasteiger partial charge in [-0.25, -0.2) is 0 Å². The van der Waals surface area contributed by atoms with Crippen molar-refractivity contribution in [3.63, 3.8) is 0 Å². The smallest absolute Gasteiger partial charge is 0.0386 e. The molecule has 162 valence electrons. The summed E-state index contributed by atoms with van der Waals surface area (Å²) in [6.07, 6.45) is 31.3. The van der Waals surface area contributed by atoms with Crippen molar-refractivity contribution in [1.82, 2.24) is 0 Å². The minimum atomic E-state index is 1.10. The van der Waals surface area contributed by atoms with E-state index in [-0.39, 0.29) is 0 Å². The first-order valence-corrected chi connectivity index (χ1v) is 13.3. The molecule has 2 unspecified atom stereocenters. The Hall–Kier alpha value is 0. The zero-order valence-electron chi connectivity index (χ0n) is 19.6. The molecule has 0 amide bonds. The molecule has 0 N–H and O–H groups in total. The van der Waals surface area contributed by atoms with E-state index in [1.807, 2.05) is 0 Å². The fourth-order valence-electron chi connectivity index (χ4n) is 5.52. The van der Waals surface area contributed by atoms with Crippen LogP contribution in [0.1, 0.15) is 156 Å². The number of unbranched alkanes of at least 4 members (excludes halogenated alkanes) is 8. The van der Waals surface area contributed by atoms with Crippen LogP contribution < -0.4 is 0 Å². The van der Waals surface area contributed by atoms with Gasteiger partial charge in [-0.15, -0.1) is 0 Å². The van der Waals surface area contributed by atoms with Crippen molar-refractivity contribution in [2.24, 2.45) is 17.8 Å². The molecule has 0 spiro atoms. The van der Waals surface area contributed by atoms with Crippen molar-refractivity contribution in [3.8, 4) is 0 Å². The van der Waals surface area contributed by atoms with Crippen LogP contribution in [0.3, 0.4) is 0 Å². The first kappa shape index (κ1) is 25.0. The van der Waals surface area contributed by atoms with Crippen LogP contribution in [0.25, 0.3) is 0 Å². The maximum absolute atomic E-state index is 2.32. The average molecular weight is 379 g/mol. The van der Waals surface area contributed by atoms with Gasteiger partial charge in [-0.05, 0) is 17.8 Å². The minimum Gasteiger partial charge on any atom is -0.0654 e. The summed E-state index contributed by atoms with van der Waals surface area (Å²) in [4.78, 5) is 0. The van der Waals surface area contributed by atoms with Crippen molar-refractivity contribution in [1.29, 1.82) is 0 Å². The van der Waals surface area contributed by atoms with E-state index in [1.165, 1.54) is 122 Å². The Bertz CT molecular complexity index is 288. The second-order valence-corrected chi connectivity index (χ2v) is 9.80. The van der Waals surface area contributed by atoms with Crippen LogP contribution in [-0.2, 0) is 0 Å². The Labute approximate surface area is 173 Å². The third-order valence-corrected chi connectivity index (χ3v) is 7.36. The van der Waals surface area contributed by atoms with E-state index in [0.29, 0.717) is 0 Å². The van der Waals surface area contributed by atoms with Crippen molar-refractivity contribution in [3.05, 3.63) is 0 Å². The molecule has 0 radical (unpaired) electrons. The fourth-order valence-corrected chi connectivity index (χ4v) is 5.52. The van der Waals surface area contributed by atoms with Gasteiger partial charge in [0.05, 0.1) is 0 Å². The van der Waals surface area contributed by atoms with Gasteiger partial charge in [-0.2, -0.15) is 0 Å². The maximum Gasteiger partial charge on any atom is -0.0386 e. The van der Waals surface area contributed by atoms with Gasteiger partial charge in [0.1, 0.15) is 0 Å². The normalized spacial score (nSPS) is 22.8. The van der Waals surface area contributed by atoms with E-state index in [0.717, 1.165) is 17.8 Å². The molecule has 0 aromatic carbocycles. The lowest BCUT2D eigenvalue weighted by Crippen LogP contribution is -2.07. The van der Waals surface area contributed by atoms with E-state index in [2.05, 4.69) is 20.8 Å². The highest BCUT2D eigenvalue weighted by atomic mass is 14.3. The summed E-state index contributed by atoms with van der Waals surface area (Å²) in [5.41, 5.74) is 0.